The van der Waals surface area contributed by atoms with Crippen LogP contribution in [0, 0.1) is 11.3 Å². The lowest BCUT2D eigenvalue weighted by molar-refractivity contribution is 0.762. The van der Waals surface area contributed by atoms with Crippen LogP contribution >= 0.6 is 11.6 Å². The first kappa shape index (κ1) is 16.8. The number of nitriles is 1. The van der Waals surface area contributed by atoms with E-state index in [9.17, 15) is 10.1 Å². The van der Waals surface area contributed by atoms with Crippen molar-refractivity contribution in [2.45, 2.75) is 37.0 Å². The predicted octanol–water partition coefficient (Wildman–Crippen LogP) is 4.66. The van der Waals surface area contributed by atoms with Gasteiger partial charge in [0.05, 0.1) is 16.6 Å². The average Bonchev–Trinajstić information content (AvgIpc) is 3.65. The maximum Gasteiger partial charge on any atom is 0.280 e. The molecule has 6 heteroatoms. The van der Waals surface area contributed by atoms with Gasteiger partial charge in [0.15, 0.2) is 5.65 Å². The second kappa shape index (κ2) is 5.71. The Labute approximate surface area is 171 Å². The van der Waals surface area contributed by atoms with Gasteiger partial charge in [-0.3, -0.25) is 9.89 Å². The molecule has 0 bridgehead atoms. The topological polar surface area (TPSA) is 73.9 Å². The zero-order valence-electron chi connectivity index (χ0n) is 15.6. The van der Waals surface area contributed by atoms with Crippen LogP contribution in [0.25, 0.3) is 16.6 Å². The molecule has 0 unspecified atom stereocenters. The van der Waals surface area contributed by atoms with Gasteiger partial charge in [-0.2, -0.15) is 9.78 Å². The molecule has 142 valence electrons. The Morgan fingerprint density at radius 3 is 2.59 bits per heavy atom. The first-order chi connectivity index (χ1) is 14.1. The second-order valence-corrected chi connectivity index (χ2v) is 8.63. The lowest BCUT2D eigenvalue weighted by atomic mass is 9.90. The van der Waals surface area contributed by atoms with Crippen molar-refractivity contribution < 1.29 is 0 Å². The SMILES string of the molecule is N#Cc1c(C2(c3ccc(Cl)cc3)CC2)[nH]n2c(=O)c3cc(C4CC4)ccc3nc12. The van der Waals surface area contributed by atoms with E-state index in [0.29, 0.717) is 33.1 Å². The number of nitrogens with zero attached hydrogens (tertiary/aromatic N) is 3. The van der Waals surface area contributed by atoms with Crippen LogP contribution in [0.4, 0.5) is 0 Å². The van der Waals surface area contributed by atoms with E-state index in [2.05, 4.69) is 22.2 Å². The number of aromatic amines is 1. The van der Waals surface area contributed by atoms with E-state index in [1.54, 1.807) is 0 Å². The summed E-state index contributed by atoms with van der Waals surface area (Å²) in [5.41, 5.74) is 4.11. The lowest BCUT2D eigenvalue weighted by Crippen LogP contribution is -2.17. The minimum atomic E-state index is -0.291. The van der Waals surface area contributed by atoms with E-state index in [4.69, 9.17) is 11.6 Å². The molecule has 2 aliphatic carbocycles. The van der Waals surface area contributed by atoms with Gasteiger partial charge in [0.2, 0.25) is 0 Å². The second-order valence-electron chi connectivity index (χ2n) is 8.19. The van der Waals surface area contributed by atoms with Crippen molar-refractivity contribution >= 4 is 28.2 Å². The highest BCUT2D eigenvalue weighted by molar-refractivity contribution is 6.30. The van der Waals surface area contributed by atoms with Crippen LogP contribution in [0.5, 0.6) is 0 Å². The third-order valence-corrected chi connectivity index (χ3v) is 6.63. The summed E-state index contributed by atoms with van der Waals surface area (Å²) < 4.78 is 1.45. The van der Waals surface area contributed by atoms with Crippen molar-refractivity contribution in [2.24, 2.45) is 0 Å². The van der Waals surface area contributed by atoms with Crippen molar-refractivity contribution in [3.8, 4) is 6.07 Å². The molecule has 0 saturated heterocycles. The molecule has 6 rings (SSSR count). The number of rotatable bonds is 3. The third-order valence-electron chi connectivity index (χ3n) is 6.38. The lowest BCUT2D eigenvalue weighted by Gasteiger charge is -2.14. The van der Waals surface area contributed by atoms with Gasteiger partial charge in [-0.25, -0.2) is 4.98 Å². The standard InChI is InChI=1S/C23H17ClN4O/c24-16-6-4-15(5-7-16)23(9-10-23)20-18(12-25)21-26-19-8-3-14(13-1-2-13)11-17(19)22(29)28(21)27-20/h3-8,11,13,27H,1-2,9-10H2. The molecule has 2 heterocycles. The van der Waals surface area contributed by atoms with Crippen LogP contribution in [-0.2, 0) is 5.41 Å². The summed E-state index contributed by atoms with van der Waals surface area (Å²) in [5, 5.41) is 14.4. The van der Waals surface area contributed by atoms with Gasteiger partial charge in [-0.15, -0.1) is 0 Å². The van der Waals surface area contributed by atoms with E-state index < -0.39 is 0 Å². The molecule has 2 aromatic heterocycles. The van der Waals surface area contributed by atoms with Crippen molar-refractivity contribution in [3.05, 3.63) is 80.2 Å². The van der Waals surface area contributed by atoms with E-state index in [0.717, 1.165) is 24.1 Å². The Balaban J connectivity index is 1.61. The first-order valence-corrected chi connectivity index (χ1v) is 10.2. The van der Waals surface area contributed by atoms with Gasteiger partial charge in [0.1, 0.15) is 11.6 Å². The Hall–Kier alpha value is -3.10. The summed E-state index contributed by atoms with van der Waals surface area (Å²) in [6.45, 7) is 0. The molecular weight excluding hydrogens is 384 g/mol. The highest BCUT2D eigenvalue weighted by Crippen LogP contribution is 2.54. The molecule has 5 nitrogen and oxygen atoms in total. The fraction of sp³-hybridized carbons (Fsp3) is 0.261. The molecular formula is C23H17ClN4O. The third kappa shape index (κ3) is 2.39. The van der Waals surface area contributed by atoms with Crippen molar-refractivity contribution in [2.75, 3.05) is 0 Å². The fourth-order valence-corrected chi connectivity index (χ4v) is 4.58. The molecule has 0 spiro atoms. The molecule has 0 aliphatic heterocycles. The quantitative estimate of drug-likeness (QED) is 0.543. The molecule has 4 aromatic rings. The Morgan fingerprint density at radius 2 is 1.93 bits per heavy atom. The van der Waals surface area contributed by atoms with Gasteiger partial charge in [-0.1, -0.05) is 29.8 Å². The fourth-order valence-electron chi connectivity index (χ4n) is 4.45. The molecule has 1 N–H and O–H groups in total. The van der Waals surface area contributed by atoms with E-state index in [1.165, 1.54) is 22.9 Å². The van der Waals surface area contributed by atoms with Crippen LogP contribution in [-0.4, -0.2) is 14.6 Å². The average molecular weight is 401 g/mol. The van der Waals surface area contributed by atoms with Gasteiger partial charge < -0.3 is 0 Å². The zero-order valence-corrected chi connectivity index (χ0v) is 16.3. The largest absolute Gasteiger partial charge is 0.291 e. The van der Waals surface area contributed by atoms with Crippen LogP contribution in [0.2, 0.25) is 5.02 Å². The van der Waals surface area contributed by atoms with Crippen LogP contribution in [0.1, 0.15) is 54.0 Å². The summed E-state index contributed by atoms with van der Waals surface area (Å²) in [6.07, 6.45) is 4.18. The number of hydrogen-bond acceptors (Lipinski definition) is 3. The highest BCUT2D eigenvalue weighted by Gasteiger charge is 2.49. The molecule has 0 atom stereocenters. The van der Waals surface area contributed by atoms with Crippen molar-refractivity contribution in [3.63, 3.8) is 0 Å². The maximum absolute atomic E-state index is 13.3. The van der Waals surface area contributed by atoms with Crippen LogP contribution < -0.4 is 5.56 Å². The molecule has 0 amide bonds. The minimum absolute atomic E-state index is 0.151. The number of halogens is 1. The molecule has 0 radical (unpaired) electrons. The van der Waals surface area contributed by atoms with E-state index in [-0.39, 0.29) is 11.0 Å². The summed E-state index contributed by atoms with van der Waals surface area (Å²) in [7, 11) is 0. The molecule has 2 fully saturated rings. The van der Waals surface area contributed by atoms with Crippen molar-refractivity contribution in [1.29, 1.82) is 5.26 Å². The molecule has 2 saturated carbocycles. The Kier molecular flexibility index (Phi) is 3.31. The summed E-state index contributed by atoms with van der Waals surface area (Å²) in [4.78, 5) is 17.9. The number of aromatic nitrogens is 3. The van der Waals surface area contributed by atoms with Gasteiger partial charge in [0.25, 0.3) is 5.56 Å². The molecule has 2 aromatic carbocycles. The Bertz CT molecular complexity index is 1400. The smallest absolute Gasteiger partial charge is 0.280 e. The minimum Gasteiger partial charge on any atom is -0.291 e. The van der Waals surface area contributed by atoms with Gasteiger partial charge in [0, 0.05) is 10.4 Å². The van der Waals surface area contributed by atoms with Crippen LogP contribution in [0.15, 0.2) is 47.3 Å². The van der Waals surface area contributed by atoms with Crippen LogP contribution in [0.3, 0.4) is 0 Å². The highest BCUT2D eigenvalue weighted by atomic mass is 35.5. The number of H-pyrrole nitrogens is 1. The Morgan fingerprint density at radius 1 is 1.17 bits per heavy atom. The number of nitrogens with one attached hydrogen (secondary N) is 1. The zero-order chi connectivity index (χ0) is 19.8. The number of fused-ring (bicyclic) bond motifs is 2. The molecule has 2 aliphatic rings. The van der Waals surface area contributed by atoms with E-state index in [1.807, 2.05) is 36.4 Å². The molecule has 29 heavy (non-hydrogen) atoms. The predicted molar refractivity (Wildman–Crippen MR) is 111 cm³/mol. The summed E-state index contributed by atoms with van der Waals surface area (Å²) in [5.74, 6) is 0.563. The normalized spacial score (nSPS) is 17.5. The van der Waals surface area contributed by atoms with Crippen molar-refractivity contribution in [1.82, 2.24) is 14.6 Å². The van der Waals surface area contributed by atoms with Gasteiger partial charge in [-0.05, 0) is 67.0 Å². The number of benzene rings is 2. The monoisotopic (exact) mass is 400 g/mol. The summed E-state index contributed by atoms with van der Waals surface area (Å²) >= 11 is 6.06. The number of hydrogen-bond donors (Lipinski definition) is 1. The first-order valence-electron chi connectivity index (χ1n) is 9.86. The van der Waals surface area contributed by atoms with Gasteiger partial charge >= 0.3 is 0 Å². The maximum atomic E-state index is 13.3. The van der Waals surface area contributed by atoms with E-state index >= 15 is 0 Å². The summed E-state index contributed by atoms with van der Waals surface area (Å²) in [6, 6.07) is 15.9.